The highest BCUT2D eigenvalue weighted by Gasteiger charge is 2.27. The van der Waals surface area contributed by atoms with Crippen LogP contribution in [0.1, 0.15) is 61.6 Å². The van der Waals surface area contributed by atoms with Crippen LogP contribution in [0.4, 0.5) is 5.69 Å². The van der Waals surface area contributed by atoms with Crippen LogP contribution in [0.5, 0.6) is 0 Å². The number of carbonyl (C=O) groups is 1. The third-order valence-electron chi connectivity index (χ3n) is 6.12. The highest BCUT2D eigenvalue weighted by Crippen LogP contribution is 2.45. The normalized spacial score (nSPS) is 15.2. The molecule has 4 rings (SSSR count). The first kappa shape index (κ1) is 18.8. The third kappa shape index (κ3) is 3.34. The summed E-state index contributed by atoms with van der Waals surface area (Å²) in [6.07, 6.45) is 6.30. The number of fused-ring (bicyclic) bond motifs is 1. The summed E-state index contributed by atoms with van der Waals surface area (Å²) in [5.74, 6) is 0.698. The predicted octanol–water partition coefficient (Wildman–Crippen LogP) is 6.14. The molecule has 0 unspecified atom stereocenters. The zero-order valence-electron chi connectivity index (χ0n) is 17.2. The molecule has 0 saturated heterocycles. The number of hydrogen-bond donors (Lipinski definition) is 1. The molecule has 3 nitrogen and oxygen atoms in total. The fourth-order valence-electron chi connectivity index (χ4n) is 4.87. The van der Waals surface area contributed by atoms with Gasteiger partial charge >= 0.3 is 0 Å². The van der Waals surface area contributed by atoms with E-state index >= 15 is 0 Å². The second-order valence-corrected chi connectivity index (χ2v) is 8.50. The zero-order valence-corrected chi connectivity index (χ0v) is 17.2. The number of aryl methyl sites for hydroxylation is 2. The minimum Gasteiger partial charge on any atom is -0.398 e. The fourth-order valence-corrected chi connectivity index (χ4v) is 4.87. The second-order valence-electron chi connectivity index (χ2n) is 8.50. The molecule has 3 heteroatoms. The van der Waals surface area contributed by atoms with Crippen molar-refractivity contribution in [1.82, 2.24) is 4.57 Å². The van der Waals surface area contributed by atoms with Gasteiger partial charge in [-0.15, -0.1) is 0 Å². The van der Waals surface area contributed by atoms with Crippen LogP contribution in [0.3, 0.4) is 0 Å². The summed E-state index contributed by atoms with van der Waals surface area (Å²) in [5, 5.41) is 1.29. The van der Waals surface area contributed by atoms with Crippen LogP contribution < -0.4 is 5.73 Å². The number of benzene rings is 2. The van der Waals surface area contributed by atoms with Gasteiger partial charge in [0.25, 0.3) is 0 Å². The minimum absolute atomic E-state index is 0.167. The second kappa shape index (κ2) is 7.46. The van der Waals surface area contributed by atoms with Gasteiger partial charge in [0.2, 0.25) is 0 Å². The van der Waals surface area contributed by atoms with Gasteiger partial charge in [-0.3, -0.25) is 4.79 Å². The van der Waals surface area contributed by atoms with Crippen molar-refractivity contribution in [3.63, 3.8) is 0 Å². The van der Waals surface area contributed by atoms with Crippen molar-refractivity contribution < 1.29 is 4.79 Å². The van der Waals surface area contributed by atoms with E-state index in [0.717, 1.165) is 28.0 Å². The lowest BCUT2D eigenvalue weighted by Crippen LogP contribution is -2.11. The Balaban J connectivity index is 2.07. The Bertz CT molecular complexity index is 1040. The Hall–Kier alpha value is -2.55. The Kier molecular flexibility index (Phi) is 5.01. The monoisotopic (exact) mass is 374 g/mol. The Morgan fingerprint density at radius 2 is 1.71 bits per heavy atom. The van der Waals surface area contributed by atoms with Crippen LogP contribution in [0.2, 0.25) is 0 Å². The fraction of sp³-hybridized carbons (Fsp3) is 0.400. The Labute approximate surface area is 167 Å². The summed E-state index contributed by atoms with van der Waals surface area (Å²) in [4.78, 5) is 12.2. The molecule has 1 aliphatic carbocycles. The van der Waals surface area contributed by atoms with E-state index in [1.165, 1.54) is 48.6 Å². The number of nitrogens with zero attached hydrogens (tertiary/aromatic N) is 1. The quantitative estimate of drug-likeness (QED) is 0.557. The number of nitrogens with two attached hydrogens (primary N) is 1. The molecule has 2 N–H and O–H groups in total. The number of aromatic nitrogens is 1. The number of Topliss-reactive ketones (excluding diaryl/α,β-unsaturated/α-hetero) is 1. The first-order valence-corrected chi connectivity index (χ1v) is 10.4. The average Bonchev–Trinajstić information content (AvgIpc) is 2.95. The van der Waals surface area contributed by atoms with E-state index in [1.807, 2.05) is 6.07 Å². The molecule has 1 aromatic heterocycles. The number of rotatable bonds is 4. The minimum atomic E-state index is 0.167. The van der Waals surface area contributed by atoms with E-state index in [-0.39, 0.29) is 5.78 Å². The SMILES string of the molecule is CC(=O)Cn1c(-c2ccc(C)cc2N)c(C2CCCCC2)c2ccc(C)cc21. The molecule has 0 bridgehead atoms. The molecular formula is C25H30N2O. The van der Waals surface area contributed by atoms with E-state index in [1.54, 1.807) is 6.92 Å². The molecule has 3 aromatic rings. The first-order valence-electron chi connectivity index (χ1n) is 10.4. The molecule has 146 valence electrons. The maximum Gasteiger partial charge on any atom is 0.149 e. The van der Waals surface area contributed by atoms with Crippen molar-refractivity contribution >= 4 is 22.4 Å². The molecular weight excluding hydrogens is 344 g/mol. The molecule has 1 aliphatic rings. The van der Waals surface area contributed by atoms with Crippen molar-refractivity contribution in [3.8, 4) is 11.3 Å². The van der Waals surface area contributed by atoms with E-state index in [2.05, 4.69) is 48.7 Å². The van der Waals surface area contributed by atoms with Gasteiger partial charge in [-0.1, -0.05) is 43.5 Å². The van der Waals surface area contributed by atoms with Crippen molar-refractivity contribution in [2.24, 2.45) is 0 Å². The third-order valence-corrected chi connectivity index (χ3v) is 6.12. The van der Waals surface area contributed by atoms with Crippen molar-refractivity contribution in [1.29, 1.82) is 0 Å². The van der Waals surface area contributed by atoms with Crippen molar-refractivity contribution in [2.75, 3.05) is 5.73 Å². The van der Waals surface area contributed by atoms with Crippen molar-refractivity contribution in [3.05, 3.63) is 53.1 Å². The molecule has 1 saturated carbocycles. The lowest BCUT2D eigenvalue weighted by atomic mass is 9.81. The number of ketones is 1. The molecule has 0 amide bonds. The highest BCUT2D eigenvalue weighted by atomic mass is 16.1. The van der Waals surface area contributed by atoms with Gasteiger partial charge in [-0.25, -0.2) is 0 Å². The number of hydrogen-bond acceptors (Lipinski definition) is 2. The van der Waals surface area contributed by atoms with Crippen LogP contribution in [0.25, 0.3) is 22.2 Å². The summed E-state index contributed by atoms with van der Waals surface area (Å²) in [5.41, 5.74) is 14.4. The molecule has 1 fully saturated rings. The predicted molar refractivity (Wildman–Crippen MR) is 118 cm³/mol. The first-order chi connectivity index (χ1) is 13.5. The standard InChI is InChI=1S/C25H30N2O/c1-16-9-11-20(22(26)13-16)25-24(19-7-5-4-6-8-19)21-12-10-17(2)14-23(21)27(25)15-18(3)28/h9-14,19H,4-8,15,26H2,1-3H3. The molecule has 0 atom stereocenters. The van der Waals surface area contributed by atoms with Crippen LogP contribution in [-0.4, -0.2) is 10.4 Å². The van der Waals surface area contributed by atoms with Crippen LogP contribution in [0.15, 0.2) is 36.4 Å². The van der Waals surface area contributed by atoms with Crippen LogP contribution >= 0.6 is 0 Å². The highest BCUT2D eigenvalue weighted by molar-refractivity contribution is 5.96. The summed E-state index contributed by atoms with van der Waals surface area (Å²) < 4.78 is 2.22. The smallest absolute Gasteiger partial charge is 0.149 e. The van der Waals surface area contributed by atoms with Crippen molar-refractivity contribution in [2.45, 2.75) is 65.3 Å². The summed E-state index contributed by atoms with van der Waals surface area (Å²) >= 11 is 0. The van der Waals surface area contributed by atoms with Crippen LogP contribution in [-0.2, 0) is 11.3 Å². The van der Waals surface area contributed by atoms with Gasteiger partial charge in [0.05, 0.1) is 12.2 Å². The maximum atomic E-state index is 12.2. The Morgan fingerprint density at radius 1 is 1.04 bits per heavy atom. The lowest BCUT2D eigenvalue weighted by Gasteiger charge is -2.24. The molecule has 0 radical (unpaired) electrons. The van der Waals surface area contributed by atoms with Crippen LogP contribution in [0, 0.1) is 13.8 Å². The molecule has 1 heterocycles. The largest absolute Gasteiger partial charge is 0.398 e. The van der Waals surface area contributed by atoms with E-state index in [9.17, 15) is 4.79 Å². The van der Waals surface area contributed by atoms with E-state index in [0.29, 0.717) is 12.5 Å². The lowest BCUT2D eigenvalue weighted by molar-refractivity contribution is -0.117. The number of carbonyl (C=O) groups excluding carboxylic acids is 1. The zero-order chi connectivity index (χ0) is 19.8. The summed E-state index contributed by atoms with van der Waals surface area (Å²) in [7, 11) is 0. The molecule has 0 spiro atoms. The molecule has 0 aliphatic heterocycles. The van der Waals surface area contributed by atoms with Gasteiger partial charge in [0.1, 0.15) is 5.78 Å². The molecule has 28 heavy (non-hydrogen) atoms. The summed E-state index contributed by atoms with van der Waals surface area (Å²) in [6, 6.07) is 13.0. The van der Waals surface area contributed by atoms with E-state index < -0.39 is 0 Å². The maximum absolute atomic E-state index is 12.2. The molecule has 2 aromatic carbocycles. The van der Waals surface area contributed by atoms with Gasteiger partial charge < -0.3 is 10.3 Å². The summed E-state index contributed by atoms with van der Waals surface area (Å²) in [6.45, 7) is 6.24. The van der Waals surface area contributed by atoms with E-state index in [4.69, 9.17) is 5.73 Å². The number of nitrogen functional groups attached to an aromatic ring is 1. The van der Waals surface area contributed by atoms with Gasteiger partial charge in [-0.2, -0.15) is 0 Å². The Morgan fingerprint density at radius 3 is 2.39 bits per heavy atom. The van der Waals surface area contributed by atoms with Gasteiger partial charge in [0, 0.05) is 22.2 Å². The topological polar surface area (TPSA) is 48.0 Å². The number of anilines is 1. The van der Waals surface area contributed by atoms with Gasteiger partial charge in [-0.05, 0) is 68.4 Å². The van der Waals surface area contributed by atoms with Gasteiger partial charge in [0.15, 0.2) is 0 Å². The average molecular weight is 375 g/mol.